The summed E-state index contributed by atoms with van der Waals surface area (Å²) in [6, 6.07) is 6.77. The molecule has 0 bridgehead atoms. The summed E-state index contributed by atoms with van der Waals surface area (Å²) in [6.45, 7) is 3.77. The third kappa shape index (κ3) is 2.70. The largest absolute Gasteiger partial charge is 0.349 e. The maximum absolute atomic E-state index is 11.2. The number of ketones is 1. The Morgan fingerprint density at radius 2 is 2.11 bits per heavy atom. The standard InChI is InChI=1S/C14H14N2O3/c1-10-12(4-3-5-14(10)16(18)19)8-15-7-6-13(9-15)11(2)17/h3-7,9H,8H2,1-2H3. The van der Waals surface area contributed by atoms with Crippen LogP contribution in [0.3, 0.4) is 0 Å². The van der Waals surface area contributed by atoms with Crippen LogP contribution in [0, 0.1) is 17.0 Å². The Labute approximate surface area is 110 Å². The molecule has 0 N–H and O–H groups in total. The first-order valence-corrected chi connectivity index (χ1v) is 5.88. The molecule has 0 aliphatic heterocycles. The van der Waals surface area contributed by atoms with E-state index in [1.807, 2.05) is 10.6 Å². The molecule has 1 aromatic heterocycles. The van der Waals surface area contributed by atoms with Crippen LogP contribution in [-0.4, -0.2) is 15.3 Å². The predicted molar refractivity (Wildman–Crippen MR) is 71.4 cm³/mol. The van der Waals surface area contributed by atoms with Gasteiger partial charge in [0.05, 0.1) is 4.92 Å². The van der Waals surface area contributed by atoms with E-state index in [1.165, 1.54) is 13.0 Å². The number of nitro benzene ring substituents is 1. The second-order valence-corrected chi connectivity index (χ2v) is 4.45. The fourth-order valence-electron chi connectivity index (χ4n) is 1.98. The number of carbonyl (C=O) groups excluding carboxylic acids is 1. The van der Waals surface area contributed by atoms with Gasteiger partial charge in [-0.3, -0.25) is 14.9 Å². The summed E-state index contributed by atoms with van der Waals surface area (Å²) in [5.41, 5.74) is 2.30. The van der Waals surface area contributed by atoms with E-state index < -0.39 is 0 Å². The first kappa shape index (κ1) is 13.0. The minimum absolute atomic E-state index is 0.00881. The Bertz CT molecular complexity index is 644. The number of hydrogen-bond acceptors (Lipinski definition) is 3. The molecule has 0 fully saturated rings. The lowest BCUT2D eigenvalue weighted by Crippen LogP contribution is -2.02. The van der Waals surface area contributed by atoms with Gasteiger partial charge in [-0.05, 0) is 25.5 Å². The third-order valence-electron chi connectivity index (χ3n) is 3.12. The first-order valence-electron chi connectivity index (χ1n) is 5.88. The summed E-state index contributed by atoms with van der Waals surface area (Å²) in [7, 11) is 0. The van der Waals surface area contributed by atoms with Gasteiger partial charge in [0, 0.05) is 36.1 Å². The van der Waals surface area contributed by atoms with Gasteiger partial charge in [-0.15, -0.1) is 0 Å². The molecule has 0 unspecified atom stereocenters. The normalized spacial score (nSPS) is 10.4. The molecule has 98 valence electrons. The average molecular weight is 258 g/mol. The number of nitrogens with zero attached hydrogens (tertiary/aromatic N) is 2. The van der Waals surface area contributed by atoms with Crippen molar-refractivity contribution < 1.29 is 9.72 Å². The van der Waals surface area contributed by atoms with E-state index in [4.69, 9.17) is 0 Å². The molecule has 19 heavy (non-hydrogen) atoms. The monoisotopic (exact) mass is 258 g/mol. The van der Waals surface area contributed by atoms with E-state index in [9.17, 15) is 14.9 Å². The molecule has 0 aliphatic rings. The predicted octanol–water partition coefficient (Wildman–Crippen LogP) is 2.96. The first-order chi connectivity index (χ1) is 8.99. The summed E-state index contributed by atoms with van der Waals surface area (Å²) in [4.78, 5) is 21.7. The van der Waals surface area contributed by atoms with Crippen LogP contribution in [0.1, 0.15) is 28.4 Å². The fourth-order valence-corrected chi connectivity index (χ4v) is 1.98. The van der Waals surface area contributed by atoms with Crippen LogP contribution in [-0.2, 0) is 6.54 Å². The lowest BCUT2D eigenvalue weighted by atomic mass is 10.1. The average Bonchev–Trinajstić information content (AvgIpc) is 2.80. The Balaban J connectivity index is 2.30. The van der Waals surface area contributed by atoms with E-state index in [1.54, 1.807) is 31.5 Å². The Morgan fingerprint density at radius 3 is 2.68 bits per heavy atom. The van der Waals surface area contributed by atoms with Gasteiger partial charge in [0.15, 0.2) is 5.78 Å². The Hall–Kier alpha value is -2.43. The number of nitro groups is 1. The summed E-state index contributed by atoms with van der Waals surface area (Å²) in [5.74, 6) is 0.00881. The SMILES string of the molecule is CC(=O)c1ccn(Cc2cccc([N+](=O)[O-])c2C)c1. The third-order valence-corrected chi connectivity index (χ3v) is 3.12. The van der Waals surface area contributed by atoms with Crippen molar-refractivity contribution in [3.8, 4) is 0 Å². The van der Waals surface area contributed by atoms with Crippen molar-refractivity contribution in [2.24, 2.45) is 0 Å². The van der Waals surface area contributed by atoms with Crippen LogP contribution in [0.25, 0.3) is 0 Å². The number of hydrogen-bond donors (Lipinski definition) is 0. The zero-order valence-corrected chi connectivity index (χ0v) is 10.8. The smallest absolute Gasteiger partial charge is 0.272 e. The van der Waals surface area contributed by atoms with Crippen molar-refractivity contribution in [2.45, 2.75) is 20.4 Å². The zero-order valence-electron chi connectivity index (χ0n) is 10.8. The van der Waals surface area contributed by atoms with Crippen LogP contribution in [0.2, 0.25) is 0 Å². The highest BCUT2D eigenvalue weighted by Crippen LogP contribution is 2.22. The molecular weight excluding hydrogens is 244 g/mol. The van der Waals surface area contributed by atoms with Gasteiger partial charge in [-0.1, -0.05) is 12.1 Å². The molecule has 0 radical (unpaired) electrons. The molecule has 0 atom stereocenters. The van der Waals surface area contributed by atoms with E-state index in [0.717, 1.165) is 5.56 Å². The zero-order chi connectivity index (χ0) is 14.0. The molecule has 0 aliphatic carbocycles. The lowest BCUT2D eigenvalue weighted by molar-refractivity contribution is -0.385. The van der Waals surface area contributed by atoms with Gasteiger partial charge in [0.1, 0.15) is 0 Å². The molecule has 2 aromatic rings. The van der Waals surface area contributed by atoms with Crippen molar-refractivity contribution in [1.82, 2.24) is 4.57 Å². The lowest BCUT2D eigenvalue weighted by Gasteiger charge is -2.07. The summed E-state index contributed by atoms with van der Waals surface area (Å²) >= 11 is 0. The minimum Gasteiger partial charge on any atom is -0.349 e. The fraction of sp³-hybridized carbons (Fsp3) is 0.214. The number of aromatic nitrogens is 1. The molecular formula is C14H14N2O3. The molecule has 5 nitrogen and oxygen atoms in total. The summed E-state index contributed by atoms with van der Waals surface area (Å²) in [6.07, 6.45) is 3.55. The van der Waals surface area contributed by atoms with Crippen molar-refractivity contribution in [3.63, 3.8) is 0 Å². The van der Waals surface area contributed by atoms with Gasteiger partial charge < -0.3 is 4.57 Å². The van der Waals surface area contributed by atoms with Crippen molar-refractivity contribution in [3.05, 3.63) is 63.5 Å². The second kappa shape index (κ2) is 5.06. The molecule has 0 spiro atoms. The van der Waals surface area contributed by atoms with Gasteiger partial charge >= 0.3 is 0 Å². The molecule has 1 heterocycles. The van der Waals surface area contributed by atoms with Gasteiger partial charge in [-0.25, -0.2) is 0 Å². The van der Waals surface area contributed by atoms with Crippen LogP contribution < -0.4 is 0 Å². The number of benzene rings is 1. The maximum Gasteiger partial charge on any atom is 0.272 e. The highest BCUT2D eigenvalue weighted by molar-refractivity contribution is 5.93. The van der Waals surface area contributed by atoms with Gasteiger partial charge in [0.2, 0.25) is 0 Å². The van der Waals surface area contributed by atoms with Crippen molar-refractivity contribution in [2.75, 3.05) is 0 Å². The van der Waals surface area contributed by atoms with E-state index in [2.05, 4.69) is 0 Å². The van der Waals surface area contributed by atoms with Crippen LogP contribution in [0.15, 0.2) is 36.7 Å². The van der Waals surface area contributed by atoms with Gasteiger partial charge in [-0.2, -0.15) is 0 Å². The molecule has 0 saturated heterocycles. The topological polar surface area (TPSA) is 65.1 Å². The van der Waals surface area contributed by atoms with E-state index in [0.29, 0.717) is 17.7 Å². The van der Waals surface area contributed by atoms with E-state index >= 15 is 0 Å². The molecule has 0 amide bonds. The van der Waals surface area contributed by atoms with E-state index in [-0.39, 0.29) is 16.4 Å². The molecule has 1 aromatic carbocycles. The number of carbonyl (C=O) groups is 1. The number of rotatable bonds is 4. The second-order valence-electron chi connectivity index (χ2n) is 4.45. The summed E-state index contributed by atoms with van der Waals surface area (Å²) in [5, 5.41) is 10.9. The van der Waals surface area contributed by atoms with Crippen molar-refractivity contribution in [1.29, 1.82) is 0 Å². The highest BCUT2D eigenvalue weighted by atomic mass is 16.6. The number of Topliss-reactive ketones (excluding diaryl/α,β-unsaturated/α-hetero) is 1. The quantitative estimate of drug-likeness (QED) is 0.481. The molecule has 5 heteroatoms. The van der Waals surface area contributed by atoms with Crippen LogP contribution in [0.5, 0.6) is 0 Å². The van der Waals surface area contributed by atoms with Crippen LogP contribution >= 0.6 is 0 Å². The maximum atomic E-state index is 11.2. The molecule has 2 rings (SSSR count). The minimum atomic E-state index is -0.379. The summed E-state index contributed by atoms with van der Waals surface area (Å²) < 4.78 is 1.85. The highest BCUT2D eigenvalue weighted by Gasteiger charge is 2.13. The Morgan fingerprint density at radius 1 is 1.37 bits per heavy atom. The Kier molecular flexibility index (Phi) is 3.46. The molecule has 0 saturated carbocycles. The van der Waals surface area contributed by atoms with Crippen molar-refractivity contribution >= 4 is 11.5 Å². The van der Waals surface area contributed by atoms with Crippen LogP contribution in [0.4, 0.5) is 5.69 Å². The van der Waals surface area contributed by atoms with Gasteiger partial charge in [0.25, 0.3) is 5.69 Å².